The number of carbonyl (C=O) groups is 2. The highest BCUT2D eigenvalue weighted by atomic mass is 127. The van der Waals surface area contributed by atoms with Gasteiger partial charge in [-0.15, -0.1) is 0 Å². The highest BCUT2D eigenvalue weighted by molar-refractivity contribution is 14.1. The van der Waals surface area contributed by atoms with E-state index in [4.69, 9.17) is 27.9 Å². The predicted molar refractivity (Wildman–Crippen MR) is 149 cm³/mol. The van der Waals surface area contributed by atoms with Crippen LogP contribution >= 0.6 is 45.8 Å². The summed E-state index contributed by atoms with van der Waals surface area (Å²) in [6.45, 7) is 2.44. The Bertz CT molecular complexity index is 1130. The molecule has 35 heavy (non-hydrogen) atoms. The maximum atomic E-state index is 13.5. The summed E-state index contributed by atoms with van der Waals surface area (Å²) in [6.07, 6.45) is 1.15. The van der Waals surface area contributed by atoms with Gasteiger partial charge in [0.1, 0.15) is 11.8 Å². The Morgan fingerprint density at radius 2 is 1.74 bits per heavy atom. The molecule has 3 aromatic carbocycles. The van der Waals surface area contributed by atoms with Gasteiger partial charge in [0.15, 0.2) is 6.61 Å². The Kier molecular flexibility index (Phi) is 10.7. The second kappa shape index (κ2) is 13.7. The van der Waals surface area contributed by atoms with Gasteiger partial charge in [-0.25, -0.2) is 0 Å². The minimum absolute atomic E-state index is 0.141. The molecular weight excluding hydrogens is 598 g/mol. The molecule has 0 aliphatic heterocycles. The number of amides is 2. The largest absolute Gasteiger partial charge is 0.484 e. The van der Waals surface area contributed by atoms with E-state index in [9.17, 15) is 9.59 Å². The predicted octanol–water partition coefficient (Wildman–Crippen LogP) is 6.14. The Balaban J connectivity index is 1.91. The molecule has 3 rings (SSSR count). The number of halogens is 3. The van der Waals surface area contributed by atoms with Crippen LogP contribution in [0.4, 0.5) is 0 Å². The van der Waals surface area contributed by atoms with Crippen LogP contribution in [0.1, 0.15) is 24.5 Å². The SMILES string of the molecule is CCCNC(=O)[C@H](Cc1ccccc1)N(Cc1ccc(Cl)cc1Cl)C(=O)COc1ccc(I)cc1. The topological polar surface area (TPSA) is 58.6 Å². The molecule has 0 fully saturated rings. The van der Waals surface area contributed by atoms with Crippen LogP contribution in [0, 0.1) is 3.57 Å². The summed E-state index contributed by atoms with van der Waals surface area (Å²) < 4.78 is 6.84. The lowest BCUT2D eigenvalue weighted by atomic mass is 10.0. The van der Waals surface area contributed by atoms with Gasteiger partial charge >= 0.3 is 0 Å². The molecule has 0 saturated carbocycles. The molecular formula is C27H27Cl2IN2O3. The number of benzene rings is 3. The van der Waals surface area contributed by atoms with Gasteiger partial charge in [-0.1, -0.05) is 66.5 Å². The maximum absolute atomic E-state index is 13.5. The Morgan fingerprint density at radius 1 is 1.03 bits per heavy atom. The molecule has 0 aliphatic rings. The first-order chi connectivity index (χ1) is 16.9. The number of nitrogens with zero attached hydrogens (tertiary/aromatic N) is 1. The maximum Gasteiger partial charge on any atom is 0.261 e. The molecule has 1 N–H and O–H groups in total. The number of ether oxygens (including phenoxy) is 1. The van der Waals surface area contributed by atoms with Crippen LogP contribution in [0.2, 0.25) is 10.0 Å². The molecule has 1 atom stereocenters. The molecule has 5 nitrogen and oxygen atoms in total. The molecule has 0 unspecified atom stereocenters. The lowest BCUT2D eigenvalue weighted by molar-refractivity contribution is -0.142. The van der Waals surface area contributed by atoms with Crippen molar-refractivity contribution in [3.05, 3.63) is 97.5 Å². The minimum atomic E-state index is -0.747. The van der Waals surface area contributed by atoms with E-state index in [-0.39, 0.29) is 25.0 Å². The summed E-state index contributed by atoms with van der Waals surface area (Å²) in [6, 6.07) is 21.4. The zero-order chi connectivity index (χ0) is 25.2. The summed E-state index contributed by atoms with van der Waals surface area (Å²) in [7, 11) is 0. The molecule has 2 amide bonds. The second-order valence-corrected chi connectivity index (χ2v) is 10.1. The molecule has 0 aromatic heterocycles. The molecule has 0 bridgehead atoms. The Morgan fingerprint density at radius 3 is 2.40 bits per heavy atom. The van der Waals surface area contributed by atoms with Gasteiger partial charge in [0.05, 0.1) is 0 Å². The zero-order valence-electron chi connectivity index (χ0n) is 19.3. The third kappa shape index (κ3) is 8.40. The number of rotatable bonds is 11. The lowest BCUT2D eigenvalue weighted by Crippen LogP contribution is -2.51. The molecule has 0 spiro atoms. The molecule has 0 radical (unpaired) electrons. The van der Waals surface area contributed by atoms with E-state index >= 15 is 0 Å². The first-order valence-electron chi connectivity index (χ1n) is 11.3. The average molecular weight is 625 g/mol. The second-order valence-electron chi connectivity index (χ2n) is 8.00. The highest BCUT2D eigenvalue weighted by Gasteiger charge is 2.31. The monoisotopic (exact) mass is 624 g/mol. The lowest BCUT2D eigenvalue weighted by Gasteiger charge is -2.31. The zero-order valence-corrected chi connectivity index (χ0v) is 23.0. The van der Waals surface area contributed by atoms with Crippen molar-refractivity contribution in [1.82, 2.24) is 10.2 Å². The van der Waals surface area contributed by atoms with E-state index in [1.54, 1.807) is 23.1 Å². The van der Waals surface area contributed by atoms with Crippen LogP contribution in [-0.2, 0) is 22.6 Å². The van der Waals surface area contributed by atoms with Crippen molar-refractivity contribution in [3.63, 3.8) is 0 Å². The number of nitrogens with one attached hydrogen (secondary N) is 1. The summed E-state index contributed by atoms with van der Waals surface area (Å²) in [5, 5.41) is 3.88. The molecule has 3 aromatic rings. The van der Waals surface area contributed by atoms with Gasteiger partial charge in [-0.05, 0) is 76.5 Å². The first-order valence-corrected chi connectivity index (χ1v) is 13.1. The van der Waals surface area contributed by atoms with E-state index in [1.165, 1.54) is 0 Å². The summed E-state index contributed by atoms with van der Waals surface area (Å²) in [4.78, 5) is 28.4. The first kappa shape index (κ1) is 27.3. The van der Waals surface area contributed by atoms with Crippen molar-refractivity contribution in [2.45, 2.75) is 32.4 Å². The van der Waals surface area contributed by atoms with E-state index in [2.05, 4.69) is 27.9 Å². The number of hydrogen-bond acceptors (Lipinski definition) is 3. The molecule has 0 aliphatic carbocycles. The molecule has 184 valence electrons. The van der Waals surface area contributed by atoms with Crippen LogP contribution in [-0.4, -0.2) is 35.9 Å². The molecule has 0 heterocycles. The molecule has 8 heteroatoms. The number of hydrogen-bond donors (Lipinski definition) is 1. The fourth-order valence-electron chi connectivity index (χ4n) is 3.51. The highest BCUT2D eigenvalue weighted by Crippen LogP contribution is 2.24. The summed E-state index contributed by atoms with van der Waals surface area (Å²) >= 11 is 14.7. The van der Waals surface area contributed by atoms with Gasteiger partial charge < -0.3 is 15.0 Å². The van der Waals surface area contributed by atoms with E-state index in [0.717, 1.165) is 15.6 Å². The van der Waals surface area contributed by atoms with Gasteiger partial charge in [-0.3, -0.25) is 9.59 Å². The van der Waals surface area contributed by atoms with Crippen LogP contribution in [0.25, 0.3) is 0 Å². The van der Waals surface area contributed by atoms with Gasteiger partial charge in [0.25, 0.3) is 5.91 Å². The van der Waals surface area contributed by atoms with E-state index in [1.807, 2.05) is 61.5 Å². The summed E-state index contributed by atoms with van der Waals surface area (Å²) in [5.41, 5.74) is 1.64. The fourth-order valence-corrected chi connectivity index (χ4v) is 4.34. The Labute approximate surface area is 229 Å². The van der Waals surface area contributed by atoms with Crippen LogP contribution in [0.15, 0.2) is 72.8 Å². The third-order valence-electron chi connectivity index (χ3n) is 5.35. The van der Waals surface area contributed by atoms with E-state index < -0.39 is 6.04 Å². The van der Waals surface area contributed by atoms with Crippen molar-refractivity contribution in [2.75, 3.05) is 13.2 Å². The van der Waals surface area contributed by atoms with Crippen molar-refractivity contribution in [3.8, 4) is 5.75 Å². The van der Waals surface area contributed by atoms with Crippen molar-refractivity contribution >= 4 is 57.6 Å². The Hall–Kier alpha value is -2.29. The normalized spacial score (nSPS) is 11.5. The average Bonchev–Trinajstić information content (AvgIpc) is 2.86. The fraction of sp³-hybridized carbons (Fsp3) is 0.259. The van der Waals surface area contributed by atoms with Crippen LogP contribution < -0.4 is 10.1 Å². The quantitative estimate of drug-likeness (QED) is 0.261. The molecule has 0 saturated heterocycles. The van der Waals surface area contributed by atoms with Crippen molar-refractivity contribution in [2.24, 2.45) is 0 Å². The summed E-state index contributed by atoms with van der Waals surface area (Å²) in [5.74, 6) is 0.0452. The van der Waals surface area contributed by atoms with E-state index in [0.29, 0.717) is 34.3 Å². The standard InChI is InChI=1S/C27H27Cl2IN2O3/c1-2-14-31-27(34)25(15-19-6-4-3-5-7-19)32(17-20-8-9-21(28)16-24(20)29)26(33)18-35-23-12-10-22(30)11-13-23/h3-13,16,25H,2,14-15,17-18H2,1H3,(H,31,34)/t25-/m0/s1. The van der Waals surface area contributed by atoms with Crippen molar-refractivity contribution < 1.29 is 14.3 Å². The smallest absolute Gasteiger partial charge is 0.261 e. The minimum Gasteiger partial charge on any atom is -0.484 e. The van der Waals surface area contributed by atoms with Gasteiger partial charge in [-0.2, -0.15) is 0 Å². The van der Waals surface area contributed by atoms with Crippen LogP contribution in [0.3, 0.4) is 0 Å². The van der Waals surface area contributed by atoms with Gasteiger partial charge in [0.2, 0.25) is 5.91 Å². The number of carbonyl (C=O) groups excluding carboxylic acids is 2. The van der Waals surface area contributed by atoms with Crippen molar-refractivity contribution in [1.29, 1.82) is 0 Å². The van der Waals surface area contributed by atoms with Gasteiger partial charge in [0, 0.05) is 33.1 Å². The van der Waals surface area contributed by atoms with Crippen LogP contribution in [0.5, 0.6) is 5.75 Å². The third-order valence-corrected chi connectivity index (χ3v) is 6.66.